The zero-order valence-corrected chi connectivity index (χ0v) is 9.39. The summed E-state index contributed by atoms with van der Waals surface area (Å²) in [5.74, 6) is -0.848. The maximum absolute atomic E-state index is 11.4. The van der Waals surface area contributed by atoms with Gasteiger partial charge in [0.2, 0.25) is 11.8 Å². The number of amides is 2. The van der Waals surface area contributed by atoms with Gasteiger partial charge in [0.1, 0.15) is 0 Å². The van der Waals surface area contributed by atoms with E-state index < -0.39 is 5.91 Å². The molecule has 0 aromatic carbocycles. The highest BCUT2D eigenvalue weighted by atomic mass is 16.2. The van der Waals surface area contributed by atoms with Gasteiger partial charge in [-0.2, -0.15) is 0 Å². The van der Waals surface area contributed by atoms with Gasteiger partial charge in [0.05, 0.1) is 0 Å². The molecule has 0 heterocycles. The van der Waals surface area contributed by atoms with E-state index >= 15 is 0 Å². The minimum absolute atomic E-state index is 0.0205. The van der Waals surface area contributed by atoms with Crippen molar-refractivity contribution in [3.63, 3.8) is 0 Å². The molecule has 0 aromatic rings. The third-order valence-corrected chi connectivity index (χ3v) is 1.92. The topological polar surface area (TPSA) is 72.2 Å². The van der Waals surface area contributed by atoms with Crippen LogP contribution in [0, 0.1) is 11.3 Å². The molecule has 0 unspecified atom stereocenters. The Morgan fingerprint density at radius 1 is 1.36 bits per heavy atom. The summed E-state index contributed by atoms with van der Waals surface area (Å²) in [6, 6.07) is 0. The fourth-order valence-corrected chi connectivity index (χ4v) is 1.44. The van der Waals surface area contributed by atoms with Gasteiger partial charge in [0, 0.05) is 19.4 Å². The number of nitrogens with one attached hydrogen (secondary N) is 1. The highest BCUT2D eigenvalue weighted by molar-refractivity contribution is 5.84. The van der Waals surface area contributed by atoms with Crippen molar-refractivity contribution in [3.8, 4) is 0 Å². The lowest BCUT2D eigenvalue weighted by atomic mass is 9.82. The Kier molecular flexibility index (Phi) is 4.60. The maximum Gasteiger partial charge on any atom is 0.223 e. The highest BCUT2D eigenvalue weighted by Crippen LogP contribution is 2.26. The zero-order valence-electron chi connectivity index (χ0n) is 9.39. The summed E-state index contributed by atoms with van der Waals surface area (Å²) >= 11 is 0. The van der Waals surface area contributed by atoms with Crippen LogP contribution in [0.5, 0.6) is 0 Å². The van der Waals surface area contributed by atoms with Crippen molar-refractivity contribution in [2.45, 2.75) is 33.6 Å². The molecular formula is C10H20N2O2. The van der Waals surface area contributed by atoms with Gasteiger partial charge in [-0.15, -0.1) is 0 Å². The Morgan fingerprint density at radius 3 is 2.14 bits per heavy atom. The number of primary amides is 1. The van der Waals surface area contributed by atoms with Gasteiger partial charge in [-0.05, 0) is 11.8 Å². The first-order valence-corrected chi connectivity index (χ1v) is 4.76. The van der Waals surface area contributed by atoms with Crippen molar-refractivity contribution in [2.75, 3.05) is 7.05 Å². The quantitative estimate of drug-likeness (QED) is 0.699. The van der Waals surface area contributed by atoms with E-state index in [2.05, 4.69) is 5.32 Å². The number of carbonyl (C=O) groups is 2. The lowest BCUT2D eigenvalue weighted by molar-refractivity contribution is -0.129. The summed E-state index contributed by atoms with van der Waals surface area (Å²) in [7, 11) is 1.57. The van der Waals surface area contributed by atoms with E-state index in [0.717, 1.165) is 0 Å². The average molecular weight is 200 g/mol. The zero-order chi connectivity index (χ0) is 11.4. The first kappa shape index (κ1) is 12.9. The van der Waals surface area contributed by atoms with Crippen molar-refractivity contribution in [3.05, 3.63) is 0 Å². The van der Waals surface area contributed by atoms with Crippen molar-refractivity contribution in [2.24, 2.45) is 17.1 Å². The lowest BCUT2D eigenvalue weighted by Gasteiger charge is -2.23. The molecule has 14 heavy (non-hydrogen) atoms. The van der Waals surface area contributed by atoms with E-state index in [1.807, 2.05) is 20.8 Å². The number of rotatable bonds is 4. The van der Waals surface area contributed by atoms with Crippen molar-refractivity contribution in [1.82, 2.24) is 5.32 Å². The van der Waals surface area contributed by atoms with Gasteiger partial charge in [-0.1, -0.05) is 20.8 Å². The molecule has 1 atom stereocenters. The Labute approximate surface area is 85.2 Å². The van der Waals surface area contributed by atoms with Gasteiger partial charge < -0.3 is 11.1 Å². The fourth-order valence-electron chi connectivity index (χ4n) is 1.44. The molecule has 3 N–H and O–H groups in total. The second-order valence-electron chi connectivity index (χ2n) is 4.75. The van der Waals surface area contributed by atoms with Gasteiger partial charge in [0.25, 0.3) is 0 Å². The van der Waals surface area contributed by atoms with Crippen LogP contribution in [0.4, 0.5) is 0 Å². The summed E-state index contributed by atoms with van der Waals surface area (Å²) in [5.41, 5.74) is 5.11. The predicted octanol–water partition coefficient (Wildman–Crippen LogP) is 0.660. The van der Waals surface area contributed by atoms with Gasteiger partial charge in [0.15, 0.2) is 0 Å². The Bertz CT molecular complexity index is 219. The molecule has 0 aliphatic rings. The second-order valence-corrected chi connectivity index (χ2v) is 4.75. The summed E-state index contributed by atoms with van der Waals surface area (Å²) < 4.78 is 0. The van der Waals surface area contributed by atoms with E-state index in [1.54, 1.807) is 7.05 Å². The molecule has 4 nitrogen and oxygen atoms in total. The summed E-state index contributed by atoms with van der Waals surface area (Å²) in [5, 5.41) is 2.55. The molecule has 2 amide bonds. The SMILES string of the molecule is CNC(=O)[C@@H](CC(N)=O)CC(C)(C)C. The molecule has 0 radical (unpaired) electrons. The molecule has 0 saturated heterocycles. The molecule has 0 aliphatic heterocycles. The minimum Gasteiger partial charge on any atom is -0.370 e. The number of carbonyl (C=O) groups excluding carboxylic acids is 2. The van der Waals surface area contributed by atoms with E-state index in [-0.39, 0.29) is 23.7 Å². The molecule has 82 valence electrons. The van der Waals surface area contributed by atoms with Crippen LogP contribution in [-0.2, 0) is 9.59 Å². The van der Waals surface area contributed by atoms with Crippen LogP contribution in [0.25, 0.3) is 0 Å². The van der Waals surface area contributed by atoms with Crippen molar-refractivity contribution >= 4 is 11.8 Å². The number of hydrogen-bond acceptors (Lipinski definition) is 2. The third kappa shape index (κ3) is 5.56. The Morgan fingerprint density at radius 2 is 1.86 bits per heavy atom. The first-order valence-electron chi connectivity index (χ1n) is 4.76. The van der Waals surface area contributed by atoms with Crippen LogP contribution < -0.4 is 11.1 Å². The largest absolute Gasteiger partial charge is 0.370 e. The smallest absolute Gasteiger partial charge is 0.223 e. The van der Waals surface area contributed by atoms with Crippen LogP contribution in [0.15, 0.2) is 0 Å². The standard InChI is InChI=1S/C10H20N2O2/c1-10(2,3)6-7(5-8(11)13)9(14)12-4/h7H,5-6H2,1-4H3,(H2,11,13)(H,12,14)/t7-/m0/s1. The number of hydrogen-bond donors (Lipinski definition) is 2. The summed E-state index contributed by atoms with van der Waals surface area (Å²) in [4.78, 5) is 22.2. The van der Waals surface area contributed by atoms with Crippen LogP contribution in [0.3, 0.4) is 0 Å². The van der Waals surface area contributed by atoms with Crippen LogP contribution in [-0.4, -0.2) is 18.9 Å². The molecule has 0 saturated carbocycles. The molecule has 0 aliphatic carbocycles. The van der Waals surface area contributed by atoms with E-state index in [4.69, 9.17) is 5.73 Å². The third-order valence-electron chi connectivity index (χ3n) is 1.92. The van der Waals surface area contributed by atoms with Crippen LogP contribution in [0.2, 0.25) is 0 Å². The van der Waals surface area contributed by atoms with Crippen LogP contribution >= 0.6 is 0 Å². The molecule has 0 bridgehead atoms. The molecule has 0 aromatic heterocycles. The maximum atomic E-state index is 11.4. The van der Waals surface area contributed by atoms with E-state index in [1.165, 1.54) is 0 Å². The van der Waals surface area contributed by atoms with Gasteiger partial charge in [-0.25, -0.2) is 0 Å². The normalized spacial score (nSPS) is 13.4. The summed E-state index contributed by atoms with van der Waals surface area (Å²) in [6.07, 6.45) is 0.784. The van der Waals surface area contributed by atoms with E-state index in [9.17, 15) is 9.59 Å². The fraction of sp³-hybridized carbons (Fsp3) is 0.800. The molecular weight excluding hydrogens is 180 g/mol. The molecule has 0 fully saturated rings. The highest BCUT2D eigenvalue weighted by Gasteiger charge is 2.25. The first-order chi connectivity index (χ1) is 6.26. The monoisotopic (exact) mass is 200 g/mol. The minimum atomic E-state index is -0.428. The molecule has 0 spiro atoms. The van der Waals surface area contributed by atoms with Crippen LogP contribution in [0.1, 0.15) is 33.6 Å². The predicted molar refractivity (Wildman–Crippen MR) is 55.4 cm³/mol. The Balaban J connectivity index is 4.40. The number of nitrogens with two attached hydrogens (primary N) is 1. The molecule has 4 heteroatoms. The second kappa shape index (κ2) is 4.98. The van der Waals surface area contributed by atoms with Crippen molar-refractivity contribution < 1.29 is 9.59 Å². The Hall–Kier alpha value is -1.06. The van der Waals surface area contributed by atoms with Crippen molar-refractivity contribution in [1.29, 1.82) is 0 Å². The average Bonchev–Trinajstić information content (AvgIpc) is 1.98. The van der Waals surface area contributed by atoms with Gasteiger partial charge >= 0.3 is 0 Å². The van der Waals surface area contributed by atoms with E-state index in [0.29, 0.717) is 6.42 Å². The summed E-state index contributed by atoms with van der Waals surface area (Å²) in [6.45, 7) is 6.10. The lowest BCUT2D eigenvalue weighted by Crippen LogP contribution is -2.33. The van der Waals surface area contributed by atoms with Gasteiger partial charge in [-0.3, -0.25) is 9.59 Å². The molecule has 0 rings (SSSR count).